The third kappa shape index (κ3) is 2.89. The van der Waals surface area contributed by atoms with Crippen molar-refractivity contribution in [3.8, 4) is 6.26 Å². The molecule has 0 heterocycles. The van der Waals surface area contributed by atoms with Gasteiger partial charge in [0.2, 0.25) is 0 Å². The summed E-state index contributed by atoms with van der Waals surface area (Å²) in [5, 5.41) is 9.62. The Kier molecular flexibility index (Phi) is 2.25. The monoisotopic (exact) mass is 71.0 g/mol. The molecule has 0 aliphatic heterocycles. The highest BCUT2D eigenvalue weighted by atomic mass is 16.6. The Morgan fingerprint density at radius 1 is 2.00 bits per heavy atom. The van der Waals surface area contributed by atoms with Crippen LogP contribution in [-0.4, -0.2) is 0 Å². The minimum Gasteiger partial charge on any atom is -0.256 e. The predicted octanol–water partition coefficient (Wildman–Crippen LogP) is 0.430. The molecule has 4 heteroatoms. The van der Waals surface area contributed by atoms with Crippen LogP contribution in [0.3, 0.4) is 0 Å². The minimum atomic E-state index is 1.16. The van der Waals surface area contributed by atoms with Crippen LogP contribution >= 0.6 is 0 Å². The first-order chi connectivity index (χ1) is 2.41. The van der Waals surface area contributed by atoms with Crippen molar-refractivity contribution < 1.29 is 4.84 Å². The molecule has 0 aromatic rings. The van der Waals surface area contributed by atoms with Crippen molar-refractivity contribution in [2.24, 2.45) is 5.28 Å². The van der Waals surface area contributed by atoms with Gasteiger partial charge in [-0.2, -0.15) is 5.53 Å². The largest absolute Gasteiger partial charge is 0.318 e. The highest BCUT2D eigenvalue weighted by Gasteiger charge is 1.54. The zero-order valence-electron chi connectivity index (χ0n) is 2.30. The first-order valence-corrected chi connectivity index (χ1v) is 0.834. The lowest BCUT2D eigenvalue weighted by atomic mass is 11.6. The molecule has 26 valence electrons. The number of nitriles is 1. The van der Waals surface area contributed by atoms with Gasteiger partial charge in [-0.15, -0.1) is 5.26 Å². The van der Waals surface area contributed by atoms with Gasteiger partial charge in [-0.1, -0.05) is 0 Å². The second-order valence-corrected chi connectivity index (χ2v) is 0.274. The van der Waals surface area contributed by atoms with Crippen LogP contribution in [0.25, 0.3) is 0 Å². The lowest BCUT2D eigenvalue weighted by Gasteiger charge is -1.61. The van der Waals surface area contributed by atoms with Gasteiger partial charge < -0.3 is 0 Å². The van der Waals surface area contributed by atoms with Gasteiger partial charge in [0.25, 0.3) is 0 Å². The molecular weight excluding hydrogens is 70.0 g/mol. The number of rotatable bonds is 1. The van der Waals surface area contributed by atoms with Crippen molar-refractivity contribution >= 4 is 0 Å². The average Bonchev–Trinajstić information content (AvgIpc) is 1.41. The van der Waals surface area contributed by atoms with E-state index >= 15 is 0 Å². The first kappa shape index (κ1) is 3.89. The molecule has 0 bridgehead atoms. The van der Waals surface area contributed by atoms with Gasteiger partial charge in [0.15, 0.2) is 0 Å². The van der Waals surface area contributed by atoms with E-state index in [0.717, 1.165) is 6.26 Å². The van der Waals surface area contributed by atoms with Gasteiger partial charge in [-0.25, -0.2) is 0 Å². The van der Waals surface area contributed by atoms with Crippen LogP contribution in [0.1, 0.15) is 0 Å². The zero-order chi connectivity index (χ0) is 4.12. The summed E-state index contributed by atoms with van der Waals surface area (Å²) >= 11 is 0. The van der Waals surface area contributed by atoms with Gasteiger partial charge in [-0.05, 0) is 0 Å². The van der Waals surface area contributed by atoms with E-state index in [4.69, 9.17) is 10.8 Å². The fourth-order valence-electron chi connectivity index (χ4n) is 0.0204. The summed E-state index contributed by atoms with van der Waals surface area (Å²) in [4.78, 5) is 3.43. The van der Waals surface area contributed by atoms with Crippen molar-refractivity contribution in [1.82, 2.24) is 0 Å². The van der Waals surface area contributed by atoms with Gasteiger partial charge in [0.1, 0.15) is 0 Å². The molecule has 0 aromatic carbocycles. The van der Waals surface area contributed by atoms with E-state index in [9.17, 15) is 0 Å². The lowest BCUT2D eigenvalue weighted by molar-refractivity contribution is 0.251. The highest BCUT2D eigenvalue weighted by Crippen LogP contribution is 1.59. The Balaban J connectivity index is 2.75. The van der Waals surface area contributed by atoms with Gasteiger partial charge in [-0.3, -0.25) is 4.84 Å². The van der Waals surface area contributed by atoms with Gasteiger partial charge in [0.05, 0.1) is 0 Å². The highest BCUT2D eigenvalue weighted by molar-refractivity contribution is 4.38. The summed E-state index contributed by atoms with van der Waals surface area (Å²) in [7, 11) is 0. The van der Waals surface area contributed by atoms with Crippen LogP contribution in [0, 0.1) is 17.0 Å². The number of nitrogens with one attached hydrogen (secondary N) is 1. The van der Waals surface area contributed by atoms with Crippen LogP contribution in [0.5, 0.6) is 0 Å². The van der Waals surface area contributed by atoms with Gasteiger partial charge in [0, 0.05) is 5.28 Å². The third-order valence-corrected chi connectivity index (χ3v) is 0.0865. The van der Waals surface area contributed by atoms with E-state index < -0.39 is 0 Å². The number of nitrogens with zero attached hydrogens (tertiary/aromatic N) is 2. The van der Waals surface area contributed by atoms with E-state index in [1.165, 1.54) is 0 Å². The molecule has 0 unspecified atom stereocenters. The summed E-state index contributed by atoms with van der Waals surface area (Å²) in [5.41, 5.74) is 5.78. The predicted molar refractivity (Wildman–Crippen MR) is 11.8 cm³/mol. The van der Waals surface area contributed by atoms with E-state index in [1.807, 2.05) is 0 Å². The second kappa shape index (κ2) is 2.89. The molecule has 0 saturated carbocycles. The summed E-state index contributed by atoms with van der Waals surface area (Å²) in [6.45, 7) is 0. The fourth-order valence-corrected chi connectivity index (χ4v) is 0.0204. The molecule has 0 spiro atoms. The molecule has 0 amide bonds. The van der Waals surface area contributed by atoms with Crippen molar-refractivity contribution in [3.05, 3.63) is 0 Å². The van der Waals surface area contributed by atoms with E-state index in [-0.39, 0.29) is 0 Å². The Morgan fingerprint density at radius 2 is 2.60 bits per heavy atom. The van der Waals surface area contributed by atoms with Crippen LogP contribution in [0.2, 0.25) is 0 Å². The average molecular weight is 71.0 g/mol. The summed E-state index contributed by atoms with van der Waals surface area (Å²) in [6.07, 6.45) is 1.16. The molecule has 1 N–H and O–H groups in total. The minimum absolute atomic E-state index is 1.16. The number of hydrogen-bond donors (Lipinski definition) is 1. The van der Waals surface area contributed by atoms with Crippen molar-refractivity contribution in [1.29, 1.82) is 10.8 Å². The standard InChI is InChI=1S/CHN3O/c2-1-5-4-3/h3H. The normalized spacial score (nSPS) is 4.60. The van der Waals surface area contributed by atoms with Crippen LogP contribution in [-0.2, 0) is 4.84 Å². The molecule has 0 rings (SSSR count). The molecule has 4 nitrogen and oxygen atoms in total. The second-order valence-electron chi connectivity index (χ2n) is 0.274. The molecule has 0 aliphatic rings. The summed E-state index contributed by atoms with van der Waals surface area (Å²) in [6, 6.07) is 0. The lowest BCUT2D eigenvalue weighted by Crippen LogP contribution is -1.53. The molecule has 0 aromatic heterocycles. The summed E-state index contributed by atoms with van der Waals surface area (Å²) in [5.74, 6) is 0. The molecule has 0 radical (unpaired) electrons. The molecule has 0 atom stereocenters. The Bertz CT molecular complexity index is 61.8. The van der Waals surface area contributed by atoms with E-state index in [1.54, 1.807) is 0 Å². The summed E-state index contributed by atoms with van der Waals surface area (Å²) < 4.78 is 0. The Labute approximate surface area is 28.4 Å². The number of hydrogen-bond acceptors (Lipinski definition) is 4. The molecular formula is CHN3O. The first-order valence-electron chi connectivity index (χ1n) is 0.834. The quantitative estimate of drug-likeness (QED) is 0.276. The van der Waals surface area contributed by atoms with Crippen molar-refractivity contribution in [2.45, 2.75) is 0 Å². The van der Waals surface area contributed by atoms with Crippen LogP contribution in [0.4, 0.5) is 0 Å². The van der Waals surface area contributed by atoms with E-state index in [2.05, 4.69) is 10.1 Å². The molecule has 0 saturated heterocycles. The van der Waals surface area contributed by atoms with Gasteiger partial charge >= 0.3 is 6.26 Å². The Hall–Kier alpha value is -1.11. The van der Waals surface area contributed by atoms with E-state index in [0.29, 0.717) is 0 Å². The van der Waals surface area contributed by atoms with Crippen molar-refractivity contribution in [2.75, 3.05) is 0 Å². The maximum absolute atomic E-state index is 7.38. The maximum atomic E-state index is 7.38. The SMILES string of the molecule is N#CON=N. The van der Waals surface area contributed by atoms with Crippen molar-refractivity contribution in [3.63, 3.8) is 0 Å². The molecule has 0 aliphatic carbocycles. The zero-order valence-corrected chi connectivity index (χ0v) is 2.30. The smallest absolute Gasteiger partial charge is 0.256 e. The third-order valence-electron chi connectivity index (χ3n) is 0.0865. The van der Waals surface area contributed by atoms with Crippen LogP contribution in [0.15, 0.2) is 5.28 Å². The Morgan fingerprint density at radius 3 is 2.60 bits per heavy atom. The van der Waals surface area contributed by atoms with Crippen LogP contribution < -0.4 is 0 Å². The fraction of sp³-hybridized carbons (Fsp3) is 0. The maximum Gasteiger partial charge on any atom is 0.318 e. The molecule has 0 fully saturated rings. The molecule has 5 heavy (non-hydrogen) atoms. The topological polar surface area (TPSA) is 69.2 Å².